The molecule has 4 unspecified atom stereocenters. The minimum atomic E-state index is -4.95. The van der Waals surface area contributed by atoms with E-state index in [2.05, 4.69) is 55.4 Å². The van der Waals surface area contributed by atoms with Crippen molar-refractivity contribution in [2.24, 2.45) is 23.7 Å². The van der Waals surface area contributed by atoms with Crippen LogP contribution >= 0.6 is 15.6 Å². The van der Waals surface area contributed by atoms with Gasteiger partial charge in [0.15, 0.2) is 12.2 Å². The van der Waals surface area contributed by atoms with Gasteiger partial charge in [-0.1, -0.05) is 280 Å². The Labute approximate surface area is 530 Å². The van der Waals surface area contributed by atoms with Crippen LogP contribution in [0.1, 0.15) is 331 Å². The molecule has 0 saturated carbocycles. The van der Waals surface area contributed by atoms with Crippen molar-refractivity contribution in [1.82, 2.24) is 0 Å². The first-order chi connectivity index (χ1) is 41.6. The van der Waals surface area contributed by atoms with Crippen LogP contribution in [0.5, 0.6) is 0 Å². The lowest BCUT2D eigenvalue weighted by molar-refractivity contribution is -0.161. The third kappa shape index (κ3) is 61.3. The number of aliphatic hydroxyl groups is 1. The van der Waals surface area contributed by atoms with Crippen molar-refractivity contribution in [1.29, 1.82) is 0 Å². The average Bonchev–Trinajstić information content (AvgIpc) is 3.69. The summed E-state index contributed by atoms with van der Waals surface area (Å²) in [7, 11) is -9.90. The quantitative estimate of drug-likeness (QED) is 0.0222. The highest BCUT2D eigenvalue weighted by Crippen LogP contribution is 2.45. The fourth-order valence-electron chi connectivity index (χ4n) is 10.1. The molecule has 0 fully saturated rings. The minimum Gasteiger partial charge on any atom is -0.462 e. The SMILES string of the molecule is CCC(C)CCCCCCCCCCC(=O)OC[C@H](COP(=O)(O)OCC(O)COP(=O)(O)OC[C@@H](COC(=O)CCCCCCCCCC(C)C)OC(=O)CCCCCCCCCCC(C)C)OC(=O)CCCCCCCCCCCCCC(C)C. The molecule has 0 saturated heterocycles. The van der Waals surface area contributed by atoms with Gasteiger partial charge in [0.2, 0.25) is 0 Å². The predicted octanol–water partition coefficient (Wildman–Crippen LogP) is 18.9. The minimum absolute atomic E-state index is 0.103. The molecule has 0 aromatic heterocycles. The van der Waals surface area contributed by atoms with E-state index in [9.17, 15) is 43.2 Å². The largest absolute Gasteiger partial charge is 0.472 e. The maximum Gasteiger partial charge on any atom is 0.472 e. The Morgan fingerprint density at radius 2 is 0.552 bits per heavy atom. The van der Waals surface area contributed by atoms with Crippen LogP contribution < -0.4 is 0 Å². The monoisotopic (exact) mass is 1280 g/mol. The lowest BCUT2D eigenvalue weighted by Gasteiger charge is -2.21. The van der Waals surface area contributed by atoms with Crippen LogP contribution in [0.2, 0.25) is 0 Å². The number of aliphatic hydroxyl groups excluding tert-OH is 1. The fraction of sp³-hybridized carbons (Fsp3) is 0.941. The third-order valence-corrected chi connectivity index (χ3v) is 17.8. The summed E-state index contributed by atoms with van der Waals surface area (Å²) in [5.74, 6) is 0.832. The number of carbonyl (C=O) groups excluding carboxylic acids is 4. The Hall–Kier alpha value is -1.94. The predicted molar refractivity (Wildman–Crippen MR) is 349 cm³/mol. The van der Waals surface area contributed by atoms with Crippen molar-refractivity contribution in [3.8, 4) is 0 Å². The van der Waals surface area contributed by atoms with Crippen LogP contribution in [0.25, 0.3) is 0 Å². The maximum atomic E-state index is 13.0. The highest BCUT2D eigenvalue weighted by molar-refractivity contribution is 7.47. The number of phosphoric ester groups is 2. The summed E-state index contributed by atoms with van der Waals surface area (Å²) in [4.78, 5) is 72.4. The second-order valence-electron chi connectivity index (χ2n) is 26.2. The van der Waals surface area contributed by atoms with E-state index in [0.717, 1.165) is 114 Å². The number of esters is 4. The van der Waals surface area contributed by atoms with Gasteiger partial charge < -0.3 is 33.8 Å². The summed E-state index contributed by atoms with van der Waals surface area (Å²) in [6, 6.07) is 0. The molecule has 0 radical (unpaired) electrons. The molecule has 516 valence electrons. The van der Waals surface area contributed by atoms with E-state index in [-0.39, 0.29) is 25.7 Å². The van der Waals surface area contributed by atoms with Crippen molar-refractivity contribution in [2.45, 2.75) is 350 Å². The highest BCUT2D eigenvalue weighted by atomic mass is 31.2. The molecule has 0 bridgehead atoms. The standard InChI is InChI=1S/C68H132O17P2/c1-9-61(8)47-39-31-23-16-18-24-32-40-48-65(70)78-54-63(84-67(72)50-42-34-25-14-12-10-11-13-20-28-36-44-58(2)3)56-82-86(74,75)80-52-62(69)53-81-87(76,77)83-57-64(55-79-66(71)49-41-33-27-19-22-30-38-46-60(6)7)85-68(73)51-43-35-26-17-15-21-29-37-45-59(4)5/h58-64,69H,9-57H2,1-8H3,(H,74,75)(H,76,77)/t61?,62?,63-,64-/m1/s1. The van der Waals surface area contributed by atoms with Gasteiger partial charge in [-0.25, -0.2) is 9.13 Å². The van der Waals surface area contributed by atoms with E-state index < -0.39 is 97.5 Å². The molecule has 0 aromatic rings. The van der Waals surface area contributed by atoms with Gasteiger partial charge in [0.1, 0.15) is 19.3 Å². The molecule has 0 aliphatic heterocycles. The lowest BCUT2D eigenvalue weighted by atomic mass is 9.99. The molecule has 3 N–H and O–H groups in total. The maximum absolute atomic E-state index is 13.0. The molecule has 17 nitrogen and oxygen atoms in total. The Kier molecular flexibility index (Phi) is 56.6. The summed E-state index contributed by atoms with van der Waals surface area (Å²) in [5, 5.41) is 10.6. The van der Waals surface area contributed by atoms with Crippen LogP contribution in [0.3, 0.4) is 0 Å². The summed E-state index contributed by atoms with van der Waals surface area (Å²) >= 11 is 0. The van der Waals surface area contributed by atoms with Crippen molar-refractivity contribution >= 4 is 39.5 Å². The van der Waals surface area contributed by atoms with Crippen molar-refractivity contribution in [3.05, 3.63) is 0 Å². The van der Waals surface area contributed by atoms with Gasteiger partial charge in [-0.3, -0.25) is 37.3 Å². The zero-order valence-electron chi connectivity index (χ0n) is 56.6. The molecule has 0 aliphatic rings. The van der Waals surface area contributed by atoms with Gasteiger partial charge in [0.05, 0.1) is 26.4 Å². The highest BCUT2D eigenvalue weighted by Gasteiger charge is 2.30. The average molecular weight is 1280 g/mol. The van der Waals surface area contributed by atoms with Gasteiger partial charge in [-0.05, 0) is 49.4 Å². The number of ether oxygens (including phenoxy) is 4. The zero-order valence-corrected chi connectivity index (χ0v) is 58.4. The molecule has 19 heteroatoms. The summed E-state index contributed by atoms with van der Waals surface area (Å²) in [5.41, 5.74) is 0. The molecule has 0 aromatic carbocycles. The van der Waals surface area contributed by atoms with E-state index in [1.165, 1.54) is 128 Å². The number of rotatable bonds is 65. The lowest BCUT2D eigenvalue weighted by Crippen LogP contribution is -2.30. The normalized spacial score (nSPS) is 14.6. The Morgan fingerprint density at radius 3 is 0.816 bits per heavy atom. The Balaban J connectivity index is 5.27. The number of phosphoric acid groups is 2. The second-order valence-corrected chi connectivity index (χ2v) is 29.1. The molecule has 0 rings (SSSR count). The first kappa shape index (κ1) is 85.1. The van der Waals surface area contributed by atoms with E-state index in [0.29, 0.717) is 31.6 Å². The molecular weight excluding hydrogens is 1150 g/mol. The van der Waals surface area contributed by atoms with Gasteiger partial charge in [-0.2, -0.15) is 0 Å². The molecule has 0 amide bonds. The van der Waals surface area contributed by atoms with Gasteiger partial charge in [0.25, 0.3) is 0 Å². The first-order valence-electron chi connectivity index (χ1n) is 35.2. The van der Waals surface area contributed by atoms with Crippen LogP contribution in [-0.4, -0.2) is 96.7 Å². The second kappa shape index (κ2) is 57.9. The smallest absolute Gasteiger partial charge is 0.462 e. The molecule has 0 spiro atoms. The van der Waals surface area contributed by atoms with Crippen molar-refractivity contribution in [2.75, 3.05) is 39.6 Å². The number of hydrogen-bond acceptors (Lipinski definition) is 15. The third-order valence-electron chi connectivity index (χ3n) is 15.9. The van der Waals surface area contributed by atoms with Crippen molar-refractivity contribution < 1.29 is 80.2 Å². The Morgan fingerprint density at radius 1 is 0.322 bits per heavy atom. The van der Waals surface area contributed by atoms with Gasteiger partial charge >= 0.3 is 39.5 Å². The molecule has 0 aliphatic carbocycles. The summed E-state index contributed by atoms with van der Waals surface area (Å²) in [6.07, 6.45) is 39.0. The molecular formula is C68H132O17P2. The molecule has 0 heterocycles. The van der Waals surface area contributed by atoms with Crippen molar-refractivity contribution in [3.63, 3.8) is 0 Å². The Bertz CT molecular complexity index is 1730. The summed E-state index contributed by atoms with van der Waals surface area (Å²) < 4.78 is 68.2. The molecule has 87 heavy (non-hydrogen) atoms. The van der Waals surface area contributed by atoms with Crippen LogP contribution in [0.4, 0.5) is 0 Å². The van der Waals surface area contributed by atoms with Crippen LogP contribution in [0, 0.1) is 23.7 Å². The first-order valence-corrected chi connectivity index (χ1v) is 38.2. The van der Waals surface area contributed by atoms with Gasteiger partial charge in [-0.15, -0.1) is 0 Å². The topological polar surface area (TPSA) is 237 Å². The molecule has 6 atom stereocenters. The number of hydrogen-bond donors (Lipinski definition) is 3. The van der Waals surface area contributed by atoms with Crippen LogP contribution in [-0.2, 0) is 65.4 Å². The number of unbranched alkanes of at least 4 members (excludes halogenated alkanes) is 30. The number of carbonyl (C=O) groups is 4. The fourth-order valence-corrected chi connectivity index (χ4v) is 11.7. The van der Waals surface area contributed by atoms with E-state index in [4.69, 9.17) is 37.0 Å². The summed E-state index contributed by atoms with van der Waals surface area (Å²) in [6.45, 7) is 14.0. The van der Waals surface area contributed by atoms with Gasteiger partial charge in [0, 0.05) is 25.7 Å². The van der Waals surface area contributed by atoms with E-state index in [1.807, 2.05) is 0 Å². The van der Waals surface area contributed by atoms with E-state index in [1.54, 1.807) is 0 Å². The van der Waals surface area contributed by atoms with E-state index >= 15 is 0 Å². The van der Waals surface area contributed by atoms with Crippen LogP contribution in [0.15, 0.2) is 0 Å². The zero-order chi connectivity index (χ0) is 64.7.